The van der Waals surface area contributed by atoms with Gasteiger partial charge in [-0.2, -0.15) is 0 Å². The summed E-state index contributed by atoms with van der Waals surface area (Å²) < 4.78 is 15.5. The van der Waals surface area contributed by atoms with E-state index in [4.69, 9.17) is 9.47 Å². The number of carbonyl (C=O) groups is 1. The van der Waals surface area contributed by atoms with E-state index < -0.39 is 5.97 Å². The van der Waals surface area contributed by atoms with E-state index >= 15 is 0 Å². The van der Waals surface area contributed by atoms with Crippen molar-refractivity contribution in [1.82, 2.24) is 24.3 Å². The summed E-state index contributed by atoms with van der Waals surface area (Å²) in [6.45, 7) is 2.46. The van der Waals surface area contributed by atoms with Crippen LogP contribution in [0.5, 0.6) is 5.75 Å². The highest BCUT2D eigenvalue weighted by Crippen LogP contribution is 2.34. The molecule has 3 heterocycles. The van der Waals surface area contributed by atoms with Crippen molar-refractivity contribution in [3.05, 3.63) is 76.0 Å². The van der Waals surface area contributed by atoms with Crippen LogP contribution in [0.4, 0.5) is 0 Å². The largest absolute Gasteiger partial charge is 0.497 e. The summed E-state index contributed by atoms with van der Waals surface area (Å²) >= 11 is 3.56. The van der Waals surface area contributed by atoms with Gasteiger partial charge in [0.05, 0.1) is 31.6 Å². The number of halogens is 1. The molecular formula is C23H20BrN5O3. The Kier molecular flexibility index (Phi) is 5.26. The van der Waals surface area contributed by atoms with Gasteiger partial charge in [0, 0.05) is 16.5 Å². The van der Waals surface area contributed by atoms with Crippen molar-refractivity contribution in [2.75, 3.05) is 13.7 Å². The Hall–Kier alpha value is -3.46. The third-order valence-corrected chi connectivity index (χ3v) is 5.92. The first kappa shape index (κ1) is 20.4. The number of benzene rings is 2. The second-order valence-corrected chi connectivity index (χ2v) is 8.26. The van der Waals surface area contributed by atoms with Crippen LogP contribution in [0.2, 0.25) is 0 Å². The average Bonchev–Trinajstić information content (AvgIpc) is 3.36. The maximum Gasteiger partial charge on any atom is 0.358 e. The van der Waals surface area contributed by atoms with Gasteiger partial charge in [0.25, 0.3) is 0 Å². The molecule has 5 rings (SSSR count). The number of imidazole rings is 1. The molecule has 2 aromatic heterocycles. The Bertz CT molecular complexity index is 1330. The Morgan fingerprint density at radius 2 is 2.06 bits per heavy atom. The van der Waals surface area contributed by atoms with Crippen molar-refractivity contribution < 1.29 is 14.3 Å². The zero-order valence-corrected chi connectivity index (χ0v) is 19.2. The van der Waals surface area contributed by atoms with E-state index in [0.717, 1.165) is 44.4 Å². The number of hydrogen-bond acceptors (Lipinski definition) is 6. The number of aromatic nitrogens is 5. The second-order valence-electron chi connectivity index (χ2n) is 7.35. The second kappa shape index (κ2) is 8.23. The Morgan fingerprint density at radius 3 is 2.88 bits per heavy atom. The lowest BCUT2D eigenvalue weighted by Crippen LogP contribution is -2.13. The van der Waals surface area contributed by atoms with E-state index in [0.29, 0.717) is 18.7 Å². The normalized spacial score (nSPS) is 11.8. The molecule has 4 aromatic rings. The van der Waals surface area contributed by atoms with E-state index in [9.17, 15) is 4.79 Å². The number of ether oxygens (including phenoxy) is 2. The molecule has 0 bridgehead atoms. The zero-order chi connectivity index (χ0) is 22.2. The van der Waals surface area contributed by atoms with Crippen molar-refractivity contribution in [2.24, 2.45) is 0 Å². The van der Waals surface area contributed by atoms with Gasteiger partial charge < -0.3 is 14.0 Å². The van der Waals surface area contributed by atoms with Crippen molar-refractivity contribution in [1.29, 1.82) is 0 Å². The maximum absolute atomic E-state index is 12.6. The van der Waals surface area contributed by atoms with E-state index in [1.807, 2.05) is 51.6 Å². The van der Waals surface area contributed by atoms with Crippen LogP contribution in [-0.4, -0.2) is 44.0 Å². The van der Waals surface area contributed by atoms with Gasteiger partial charge >= 0.3 is 5.97 Å². The van der Waals surface area contributed by atoms with E-state index in [1.165, 1.54) is 0 Å². The SMILES string of the molecule is CCOC(=O)c1ncn2c1Cn1c(Cc3cccc(OC)c3)nnc1-c1cc(Br)ccc1-2. The molecule has 32 heavy (non-hydrogen) atoms. The fourth-order valence-electron chi connectivity index (χ4n) is 3.95. The fraction of sp³-hybridized carbons (Fsp3) is 0.217. The van der Waals surface area contributed by atoms with E-state index in [1.54, 1.807) is 20.4 Å². The fourth-order valence-corrected chi connectivity index (χ4v) is 4.31. The van der Waals surface area contributed by atoms with Crippen LogP contribution < -0.4 is 4.74 Å². The molecular weight excluding hydrogens is 474 g/mol. The topological polar surface area (TPSA) is 84.1 Å². The van der Waals surface area contributed by atoms with Gasteiger partial charge in [0.15, 0.2) is 11.5 Å². The molecule has 0 saturated heterocycles. The van der Waals surface area contributed by atoms with Crippen LogP contribution in [0.3, 0.4) is 0 Å². The Balaban J connectivity index is 1.66. The zero-order valence-electron chi connectivity index (χ0n) is 17.6. The number of rotatable bonds is 5. The van der Waals surface area contributed by atoms with E-state index in [-0.39, 0.29) is 6.61 Å². The monoisotopic (exact) mass is 493 g/mol. The van der Waals surface area contributed by atoms with Gasteiger partial charge in [-0.05, 0) is 42.8 Å². The summed E-state index contributed by atoms with van der Waals surface area (Å²) in [5.41, 5.74) is 3.87. The average molecular weight is 494 g/mol. The molecule has 1 aliphatic rings. The number of hydrogen-bond donors (Lipinski definition) is 0. The summed E-state index contributed by atoms with van der Waals surface area (Å²) in [5.74, 6) is 1.86. The highest BCUT2D eigenvalue weighted by molar-refractivity contribution is 9.10. The summed E-state index contributed by atoms with van der Waals surface area (Å²) in [6, 6.07) is 13.8. The predicted molar refractivity (Wildman–Crippen MR) is 121 cm³/mol. The van der Waals surface area contributed by atoms with Crippen LogP contribution in [0.1, 0.15) is 34.5 Å². The Morgan fingerprint density at radius 1 is 1.19 bits per heavy atom. The molecule has 0 amide bonds. The van der Waals surface area contributed by atoms with Gasteiger partial charge in [-0.3, -0.25) is 4.57 Å². The first-order chi connectivity index (χ1) is 15.6. The first-order valence-electron chi connectivity index (χ1n) is 10.2. The lowest BCUT2D eigenvalue weighted by Gasteiger charge is -2.10. The third kappa shape index (κ3) is 3.48. The minimum atomic E-state index is -0.439. The number of nitrogens with zero attached hydrogens (tertiary/aromatic N) is 5. The van der Waals surface area contributed by atoms with Crippen molar-refractivity contribution in [3.8, 4) is 22.8 Å². The smallest absolute Gasteiger partial charge is 0.358 e. The Labute approximate surface area is 193 Å². The van der Waals surface area contributed by atoms with Gasteiger partial charge in [0.1, 0.15) is 17.9 Å². The minimum Gasteiger partial charge on any atom is -0.497 e. The summed E-state index contributed by atoms with van der Waals surface area (Å²) in [7, 11) is 1.65. The maximum atomic E-state index is 12.6. The molecule has 0 radical (unpaired) electrons. The molecule has 9 heteroatoms. The summed E-state index contributed by atoms with van der Waals surface area (Å²) in [5, 5.41) is 9.02. The highest BCUT2D eigenvalue weighted by atomic mass is 79.9. The molecule has 162 valence electrons. The molecule has 0 N–H and O–H groups in total. The lowest BCUT2D eigenvalue weighted by atomic mass is 10.1. The molecule has 2 aromatic carbocycles. The molecule has 0 aliphatic carbocycles. The van der Waals surface area contributed by atoms with Gasteiger partial charge in [-0.15, -0.1) is 10.2 Å². The van der Waals surface area contributed by atoms with Crippen LogP contribution >= 0.6 is 15.9 Å². The van der Waals surface area contributed by atoms with Crippen molar-refractivity contribution in [3.63, 3.8) is 0 Å². The summed E-state index contributed by atoms with van der Waals surface area (Å²) in [4.78, 5) is 17.0. The van der Waals surface area contributed by atoms with Gasteiger partial charge in [0.2, 0.25) is 0 Å². The van der Waals surface area contributed by atoms with E-state index in [2.05, 4.69) is 31.1 Å². The summed E-state index contributed by atoms with van der Waals surface area (Å²) in [6.07, 6.45) is 2.23. The molecule has 1 aliphatic heterocycles. The standard InChI is InChI=1S/C23H20BrN5O3/c1-3-32-23(30)21-19-12-28-20(10-14-5-4-6-16(9-14)31-2)26-27-22(28)17-11-15(24)7-8-18(17)29(19)13-25-21/h4-9,11,13H,3,10,12H2,1-2H3. The first-order valence-corrected chi connectivity index (χ1v) is 11.0. The molecule has 0 saturated carbocycles. The molecule has 0 fully saturated rings. The van der Waals surface area contributed by atoms with Crippen LogP contribution in [0, 0.1) is 0 Å². The third-order valence-electron chi connectivity index (χ3n) is 5.43. The number of methoxy groups -OCH3 is 1. The molecule has 0 unspecified atom stereocenters. The van der Waals surface area contributed by atoms with Crippen LogP contribution in [0.25, 0.3) is 17.1 Å². The van der Waals surface area contributed by atoms with Crippen LogP contribution in [0.15, 0.2) is 53.3 Å². The van der Waals surface area contributed by atoms with Crippen LogP contribution in [-0.2, 0) is 17.7 Å². The van der Waals surface area contributed by atoms with Gasteiger partial charge in [-0.1, -0.05) is 28.1 Å². The van der Waals surface area contributed by atoms with Gasteiger partial charge in [-0.25, -0.2) is 9.78 Å². The van der Waals surface area contributed by atoms with Crippen molar-refractivity contribution in [2.45, 2.75) is 19.9 Å². The molecule has 0 spiro atoms. The lowest BCUT2D eigenvalue weighted by molar-refractivity contribution is 0.0518. The predicted octanol–water partition coefficient (Wildman–Crippen LogP) is 4.03. The highest BCUT2D eigenvalue weighted by Gasteiger charge is 2.28. The number of fused-ring (bicyclic) bond motifs is 5. The molecule has 0 atom stereocenters. The van der Waals surface area contributed by atoms with Crippen molar-refractivity contribution >= 4 is 21.9 Å². The quantitative estimate of drug-likeness (QED) is 0.343. The molecule has 8 nitrogen and oxygen atoms in total. The minimum absolute atomic E-state index is 0.285. The number of carbonyl (C=O) groups excluding carboxylic acids is 1. The number of esters is 1.